The third-order valence-electron chi connectivity index (χ3n) is 1.06. The quantitative estimate of drug-likeness (QED) is 0.369. The molecule has 12 heavy (non-hydrogen) atoms. The molecule has 0 heterocycles. The van der Waals surface area contributed by atoms with Gasteiger partial charge in [0.1, 0.15) is 12.4 Å². The summed E-state index contributed by atoms with van der Waals surface area (Å²) >= 11 is 0. The van der Waals surface area contributed by atoms with Gasteiger partial charge in [-0.15, -0.1) is 0 Å². The van der Waals surface area contributed by atoms with Gasteiger partial charge in [0, 0.05) is 28.3 Å². The number of hydrogen-bond donors (Lipinski definition) is 0. The number of ketones is 2. The molecule has 0 radical (unpaired) electrons. The van der Waals surface area contributed by atoms with E-state index in [9.17, 15) is 9.59 Å². The average Bonchev–Trinajstić information content (AvgIpc) is 1.86. The van der Waals surface area contributed by atoms with Gasteiger partial charge in [-0.3, -0.25) is 9.59 Å². The molecule has 0 aromatic heterocycles. The summed E-state index contributed by atoms with van der Waals surface area (Å²) in [6.07, 6.45) is 0.900. The molecule has 0 saturated heterocycles. The van der Waals surface area contributed by atoms with E-state index in [-0.39, 0.29) is 46.3 Å². The second-order valence-corrected chi connectivity index (χ2v) is 2.47. The van der Waals surface area contributed by atoms with Crippen LogP contribution in [0.3, 0.4) is 0 Å². The van der Waals surface area contributed by atoms with Crippen LogP contribution in [-0.4, -0.2) is 24.8 Å². The zero-order valence-corrected chi connectivity index (χ0v) is 9.11. The Morgan fingerprint density at radius 1 is 1.33 bits per heavy atom. The fourth-order valence-electron chi connectivity index (χ4n) is 0.659. The monoisotopic (exact) mass is 206 g/mol. The SMILES string of the molecule is CCCOCC(=O)CC(C)=O.[Ti]. The summed E-state index contributed by atoms with van der Waals surface area (Å²) in [5.74, 6) is -0.235. The van der Waals surface area contributed by atoms with Crippen molar-refractivity contribution in [1.29, 1.82) is 0 Å². The maximum Gasteiger partial charge on any atom is 0.165 e. The Kier molecular flexibility index (Phi) is 11.0. The van der Waals surface area contributed by atoms with Crippen molar-refractivity contribution in [3.8, 4) is 0 Å². The molecule has 0 aromatic rings. The normalized spacial score (nSPS) is 8.83. The molecule has 0 aliphatic rings. The van der Waals surface area contributed by atoms with Crippen molar-refractivity contribution in [3.63, 3.8) is 0 Å². The predicted octanol–water partition coefficient (Wildman–Crippen LogP) is 0.959. The Morgan fingerprint density at radius 2 is 1.92 bits per heavy atom. The minimum Gasteiger partial charge on any atom is -0.374 e. The van der Waals surface area contributed by atoms with Gasteiger partial charge < -0.3 is 4.74 Å². The Bertz CT molecular complexity index is 145. The van der Waals surface area contributed by atoms with Crippen molar-refractivity contribution in [2.75, 3.05) is 13.2 Å². The number of Topliss-reactive ketones (excluding diaryl/α,β-unsaturated/α-hetero) is 2. The zero-order chi connectivity index (χ0) is 8.69. The molecule has 0 N–H and O–H groups in total. The molecule has 0 aliphatic carbocycles. The first-order valence-corrected chi connectivity index (χ1v) is 3.75. The minimum absolute atomic E-state index is 0. The summed E-state index contributed by atoms with van der Waals surface area (Å²) in [5, 5.41) is 0. The number of ether oxygens (including phenoxy) is 1. The molecule has 3 nitrogen and oxygen atoms in total. The Balaban J connectivity index is 0. The van der Waals surface area contributed by atoms with Crippen molar-refractivity contribution in [2.24, 2.45) is 0 Å². The largest absolute Gasteiger partial charge is 0.374 e. The second kappa shape index (κ2) is 9.11. The van der Waals surface area contributed by atoms with E-state index in [0.717, 1.165) is 6.42 Å². The molecule has 0 bridgehead atoms. The molecule has 0 aromatic carbocycles. The van der Waals surface area contributed by atoms with Gasteiger partial charge in [0.25, 0.3) is 0 Å². The smallest absolute Gasteiger partial charge is 0.165 e. The fraction of sp³-hybridized carbons (Fsp3) is 0.750. The zero-order valence-electron chi connectivity index (χ0n) is 7.55. The third-order valence-corrected chi connectivity index (χ3v) is 1.06. The summed E-state index contributed by atoms with van der Waals surface area (Å²) in [6, 6.07) is 0. The van der Waals surface area contributed by atoms with Gasteiger partial charge in [-0.05, 0) is 13.3 Å². The van der Waals surface area contributed by atoms with Crippen molar-refractivity contribution >= 4 is 11.6 Å². The van der Waals surface area contributed by atoms with Gasteiger partial charge in [-0.25, -0.2) is 0 Å². The molecule has 0 aliphatic heterocycles. The summed E-state index contributed by atoms with van der Waals surface area (Å²) in [4.78, 5) is 21.2. The van der Waals surface area contributed by atoms with Gasteiger partial charge in [-0.2, -0.15) is 0 Å². The van der Waals surface area contributed by atoms with Gasteiger partial charge in [0.2, 0.25) is 0 Å². The van der Waals surface area contributed by atoms with E-state index >= 15 is 0 Å². The molecule has 0 fully saturated rings. The molecular formula is C8H14O3Ti. The van der Waals surface area contributed by atoms with Crippen LogP contribution in [0.5, 0.6) is 0 Å². The van der Waals surface area contributed by atoms with Crippen LogP contribution in [0.4, 0.5) is 0 Å². The van der Waals surface area contributed by atoms with Gasteiger partial charge >= 0.3 is 0 Å². The van der Waals surface area contributed by atoms with Crippen molar-refractivity contribution < 1.29 is 36.0 Å². The maximum absolute atomic E-state index is 10.8. The van der Waals surface area contributed by atoms with Crippen LogP contribution < -0.4 is 0 Å². The minimum atomic E-state index is -0.133. The molecule has 0 unspecified atom stereocenters. The standard InChI is InChI=1S/C8H14O3.Ti/c1-3-4-11-6-8(10)5-7(2)9;/h3-6H2,1-2H3;. The van der Waals surface area contributed by atoms with E-state index < -0.39 is 0 Å². The predicted molar refractivity (Wildman–Crippen MR) is 41.4 cm³/mol. The molecule has 4 heteroatoms. The molecule has 68 valence electrons. The van der Waals surface area contributed by atoms with Crippen molar-refractivity contribution in [2.45, 2.75) is 26.7 Å². The van der Waals surface area contributed by atoms with E-state index in [1.54, 1.807) is 0 Å². The fourth-order valence-corrected chi connectivity index (χ4v) is 0.659. The number of rotatable bonds is 6. The molecule has 0 atom stereocenters. The molecule has 0 spiro atoms. The Morgan fingerprint density at radius 3 is 2.33 bits per heavy atom. The number of hydrogen-bond acceptors (Lipinski definition) is 3. The summed E-state index contributed by atoms with van der Waals surface area (Å²) in [5.41, 5.74) is 0. The van der Waals surface area contributed by atoms with Crippen LogP contribution in [0.1, 0.15) is 26.7 Å². The van der Waals surface area contributed by atoms with Crippen LogP contribution >= 0.6 is 0 Å². The summed E-state index contributed by atoms with van der Waals surface area (Å²) < 4.78 is 4.94. The summed E-state index contributed by atoms with van der Waals surface area (Å²) in [7, 11) is 0. The van der Waals surface area contributed by atoms with Gasteiger partial charge in [0.05, 0.1) is 6.42 Å². The van der Waals surface area contributed by atoms with Crippen molar-refractivity contribution in [1.82, 2.24) is 0 Å². The topological polar surface area (TPSA) is 43.4 Å². The van der Waals surface area contributed by atoms with Crippen LogP contribution in [0, 0.1) is 0 Å². The second-order valence-electron chi connectivity index (χ2n) is 2.47. The summed E-state index contributed by atoms with van der Waals surface area (Å²) in [6.45, 7) is 4.03. The third kappa shape index (κ3) is 10.0. The average molecular weight is 206 g/mol. The number of carbonyl (C=O) groups is 2. The van der Waals surface area contributed by atoms with E-state index in [4.69, 9.17) is 4.74 Å². The van der Waals surface area contributed by atoms with Gasteiger partial charge in [-0.1, -0.05) is 6.92 Å². The molecule has 0 rings (SSSR count). The van der Waals surface area contributed by atoms with Crippen LogP contribution in [0.25, 0.3) is 0 Å². The van der Waals surface area contributed by atoms with Crippen molar-refractivity contribution in [3.05, 3.63) is 0 Å². The van der Waals surface area contributed by atoms with E-state index in [1.807, 2.05) is 6.92 Å². The van der Waals surface area contributed by atoms with E-state index in [1.165, 1.54) is 6.92 Å². The van der Waals surface area contributed by atoms with E-state index in [2.05, 4.69) is 0 Å². The van der Waals surface area contributed by atoms with Gasteiger partial charge in [0.15, 0.2) is 5.78 Å². The van der Waals surface area contributed by atoms with Crippen LogP contribution in [0.2, 0.25) is 0 Å². The molecular weight excluding hydrogens is 192 g/mol. The Hall–Kier alpha value is 0.0143. The maximum atomic E-state index is 10.8. The first kappa shape index (κ1) is 14.5. The molecule has 0 amide bonds. The molecule has 0 saturated carbocycles. The first-order chi connectivity index (χ1) is 5.16. The Labute approximate surface area is 87.7 Å². The van der Waals surface area contributed by atoms with Crippen LogP contribution in [-0.2, 0) is 36.0 Å². The number of carbonyl (C=O) groups excluding carboxylic acids is 2. The van der Waals surface area contributed by atoms with E-state index in [0.29, 0.717) is 6.61 Å². The van der Waals surface area contributed by atoms with Crippen LogP contribution in [0.15, 0.2) is 0 Å². The first-order valence-electron chi connectivity index (χ1n) is 3.75.